The fraction of sp³-hybridized carbons (Fsp3) is 0.905. The number of hydrogen-bond donors (Lipinski definition) is 0. The van der Waals surface area contributed by atoms with Crippen molar-refractivity contribution in [2.45, 2.75) is 419 Å². The summed E-state index contributed by atoms with van der Waals surface area (Å²) in [4.78, 5) is 38.3. The molecular weight excluding hydrogens is 985 g/mol. The molecule has 0 aromatic heterocycles. The maximum Gasteiger partial charge on any atom is 0.306 e. The molecule has 0 aromatic carbocycles. The molecule has 0 aliphatic heterocycles. The molecule has 0 bridgehead atoms. The van der Waals surface area contributed by atoms with Crippen LogP contribution in [0.5, 0.6) is 0 Å². The second-order valence-electron chi connectivity index (χ2n) is 24.9. The highest BCUT2D eigenvalue weighted by molar-refractivity contribution is 5.71. The molecular formula is C74H140O6. The standard InChI is InChI=1S/C74H140O6/c1-4-7-10-13-16-19-22-25-27-28-29-30-31-32-33-34-35-36-37-38-39-40-41-42-43-44-45-46-48-49-52-55-58-61-64-67-73(76)79-70-71(69-78-72(75)66-63-60-57-54-51-24-21-18-15-12-9-6-3)80-74(77)68-65-62-59-56-53-50-47-26-23-20-17-14-11-8-5-2/h26,28-29,47,71H,4-25,27,30-46,48-70H2,1-3H3/b29-28-,47-26-. The number of esters is 3. The smallest absolute Gasteiger partial charge is 0.306 e. The van der Waals surface area contributed by atoms with Crippen LogP contribution >= 0.6 is 0 Å². The molecule has 1 atom stereocenters. The van der Waals surface area contributed by atoms with Crippen LogP contribution in [0.2, 0.25) is 0 Å². The Morgan fingerprint density at radius 2 is 0.412 bits per heavy atom. The highest BCUT2D eigenvalue weighted by Gasteiger charge is 2.19. The number of hydrogen-bond acceptors (Lipinski definition) is 6. The summed E-state index contributed by atoms with van der Waals surface area (Å²) in [6.45, 7) is 6.69. The molecule has 0 heterocycles. The third kappa shape index (κ3) is 66.7. The normalized spacial score (nSPS) is 12.1. The van der Waals surface area contributed by atoms with Crippen molar-refractivity contribution in [1.29, 1.82) is 0 Å². The Morgan fingerprint density at radius 3 is 0.625 bits per heavy atom. The molecule has 0 saturated heterocycles. The average Bonchev–Trinajstić information content (AvgIpc) is 3.46. The van der Waals surface area contributed by atoms with E-state index in [1.165, 1.54) is 308 Å². The lowest BCUT2D eigenvalue weighted by Crippen LogP contribution is -2.30. The molecule has 0 aromatic rings. The third-order valence-corrected chi connectivity index (χ3v) is 16.7. The van der Waals surface area contributed by atoms with Crippen molar-refractivity contribution >= 4 is 17.9 Å². The zero-order valence-electron chi connectivity index (χ0n) is 54.4. The van der Waals surface area contributed by atoms with E-state index in [-0.39, 0.29) is 31.1 Å². The second kappa shape index (κ2) is 69.4. The quantitative estimate of drug-likeness (QED) is 0.0261. The Hall–Kier alpha value is -2.11. The van der Waals surface area contributed by atoms with E-state index in [1.54, 1.807) is 0 Å². The van der Waals surface area contributed by atoms with E-state index in [2.05, 4.69) is 45.1 Å². The van der Waals surface area contributed by atoms with Gasteiger partial charge in [-0.1, -0.05) is 347 Å². The van der Waals surface area contributed by atoms with Crippen molar-refractivity contribution in [3.05, 3.63) is 24.3 Å². The Kier molecular flexibility index (Phi) is 67.6. The largest absolute Gasteiger partial charge is 0.462 e. The summed E-state index contributed by atoms with van der Waals surface area (Å²) in [6.07, 6.45) is 85.2. The molecule has 80 heavy (non-hydrogen) atoms. The number of unbranched alkanes of at least 4 members (excludes halogenated alkanes) is 53. The summed E-state index contributed by atoms with van der Waals surface area (Å²) in [5.74, 6) is -0.848. The van der Waals surface area contributed by atoms with Gasteiger partial charge >= 0.3 is 17.9 Å². The van der Waals surface area contributed by atoms with Crippen LogP contribution in [0, 0.1) is 0 Å². The number of carbonyl (C=O) groups excluding carboxylic acids is 3. The van der Waals surface area contributed by atoms with Gasteiger partial charge in [0.1, 0.15) is 13.2 Å². The lowest BCUT2D eigenvalue weighted by Gasteiger charge is -2.18. The second-order valence-corrected chi connectivity index (χ2v) is 24.9. The summed E-state index contributed by atoms with van der Waals surface area (Å²) < 4.78 is 16.9. The predicted molar refractivity (Wildman–Crippen MR) is 349 cm³/mol. The molecule has 0 fully saturated rings. The third-order valence-electron chi connectivity index (χ3n) is 16.7. The Balaban J connectivity index is 4.02. The van der Waals surface area contributed by atoms with Crippen molar-refractivity contribution in [1.82, 2.24) is 0 Å². The summed E-state index contributed by atoms with van der Waals surface area (Å²) in [7, 11) is 0. The van der Waals surface area contributed by atoms with E-state index in [4.69, 9.17) is 14.2 Å². The maximum atomic E-state index is 12.9. The lowest BCUT2D eigenvalue weighted by atomic mass is 10.0. The van der Waals surface area contributed by atoms with Gasteiger partial charge in [-0.25, -0.2) is 0 Å². The Bertz CT molecular complexity index is 1290. The number of ether oxygens (including phenoxy) is 3. The van der Waals surface area contributed by atoms with Gasteiger partial charge in [-0.05, 0) is 70.6 Å². The molecule has 6 nitrogen and oxygen atoms in total. The van der Waals surface area contributed by atoms with Gasteiger partial charge in [-0.15, -0.1) is 0 Å². The van der Waals surface area contributed by atoms with Crippen LogP contribution in [0.15, 0.2) is 24.3 Å². The lowest BCUT2D eigenvalue weighted by molar-refractivity contribution is -0.167. The van der Waals surface area contributed by atoms with Crippen LogP contribution in [0.4, 0.5) is 0 Å². The Morgan fingerprint density at radius 1 is 0.237 bits per heavy atom. The SMILES string of the molecule is CCCCCCCC/C=C\CCCCCCCC(=O)OC(COC(=O)CCCCCCCCCCCCCC)COC(=O)CCCCCCCCCCCCCCCCCCCCCCCCC/C=C\CCCCCCCCCC. The fourth-order valence-corrected chi connectivity index (χ4v) is 11.2. The molecule has 472 valence electrons. The molecule has 0 aliphatic carbocycles. The summed E-state index contributed by atoms with van der Waals surface area (Å²) in [5, 5.41) is 0. The molecule has 0 rings (SSSR count). The zero-order valence-corrected chi connectivity index (χ0v) is 54.4. The minimum atomic E-state index is -0.771. The van der Waals surface area contributed by atoms with Crippen LogP contribution in [-0.4, -0.2) is 37.2 Å². The summed E-state index contributed by atoms with van der Waals surface area (Å²) in [6, 6.07) is 0. The molecule has 0 radical (unpaired) electrons. The first-order chi connectivity index (χ1) is 39.5. The van der Waals surface area contributed by atoms with E-state index in [0.29, 0.717) is 19.3 Å². The van der Waals surface area contributed by atoms with Gasteiger partial charge in [0.25, 0.3) is 0 Å². The number of rotatable bonds is 68. The van der Waals surface area contributed by atoms with Gasteiger partial charge in [0.15, 0.2) is 6.10 Å². The average molecular weight is 1130 g/mol. The topological polar surface area (TPSA) is 78.9 Å². The van der Waals surface area contributed by atoms with Crippen LogP contribution in [-0.2, 0) is 28.6 Å². The van der Waals surface area contributed by atoms with Crippen molar-refractivity contribution in [2.75, 3.05) is 13.2 Å². The Labute approximate surface area is 500 Å². The summed E-state index contributed by atoms with van der Waals surface area (Å²) >= 11 is 0. The van der Waals surface area contributed by atoms with Crippen molar-refractivity contribution < 1.29 is 28.6 Å². The first-order valence-corrected chi connectivity index (χ1v) is 36.3. The zero-order chi connectivity index (χ0) is 57.8. The van der Waals surface area contributed by atoms with E-state index < -0.39 is 6.10 Å². The van der Waals surface area contributed by atoms with Gasteiger partial charge in [0.2, 0.25) is 0 Å². The minimum Gasteiger partial charge on any atom is -0.462 e. The van der Waals surface area contributed by atoms with Crippen LogP contribution in [0.3, 0.4) is 0 Å². The minimum absolute atomic E-state index is 0.0681. The van der Waals surface area contributed by atoms with E-state index >= 15 is 0 Å². The molecule has 1 unspecified atom stereocenters. The summed E-state index contributed by atoms with van der Waals surface area (Å²) in [5.41, 5.74) is 0. The van der Waals surface area contributed by atoms with Gasteiger partial charge < -0.3 is 14.2 Å². The maximum absolute atomic E-state index is 12.9. The fourth-order valence-electron chi connectivity index (χ4n) is 11.2. The molecule has 0 aliphatic rings. The molecule has 0 saturated carbocycles. The predicted octanol–water partition coefficient (Wildman–Crippen LogP) is 25.0. The van der Waals surface area contributed by atoms with Crippen LogP contribution < -0.4 is 0 Å². The highest BCUT2D eigenvalue weighted by atomic mass is 16.6. The monoisotopic (exact) mass is 1130 g/mol. The molecule has 0 amide bonds. The van der Waals surface area contributed by atoms with Gasteiger partial charge in [0, 0.05) is 19.3 Å². The van der Waals surface area contributed by atoms with Gasteiger partial charge in [0.05, 0.1) is 0 Å². The van der Waals surface area contributed by atoms with E-state index in [0.717, 1.165) is 64.2 Å². The van der Waals surface area contributed by atoms with Crippen molar-refractivity contribution in [3.63, 3.8) is 0 Å². The van der Waals surface area contributed by atoms with E-state index in [1.807, 2.05) is 0 Å². The van der Waals surface area contributed by atoms with Gasteiger partial charge in [-0.2, -0.15) is 0 Å². The van der Waals surface area contributed by atoms with Crippen molar-refractivity contribution in [2.24, 2.45) is 0 Å². The number of allylic oxidation sites excluding steroid dienone is 4. The van der Waals surface area contributed by atoms with Crippen molar-refractivity contribution in [3.8, 4) is 0 Å². The number of carbonyl (C=O) groups is 3. The van der Waals surface area contributed by atoms with E-state index in [9.17, 15) is 14.4 Å². The highest BCUT2D eigenvalue weighted by Crippen LogP contribution is 2.19. The molecule has 6 heteroatoms. The van der Waals surface area contributed by atoms with Gasteiger partial charge in [-0.3, -0.25) is 14.4 Å². The van der Waals surface area contributed by atoms with Crippen LogP contribution in [0.25, 0.3) is 0 Å². The molecule has 0 spiro atoms. The first-order valence-electron chi connectivity index (χ1n) is 36.3. The first kappa shape index (κ1) is 77.9. The molecule has 0 N–H and O–H groups in total. The van der Waals surface area contributed by atoms with Crippen LogP contribution in [0.1, 0.15) is 412 Å².